The molecular formula is C19H23N3O4. The average Bonchev–Trinajstić information content (AvgIpc) is 3.07. The summed E-state index contributed by atoms with van der Waals surface area (Å²) in [6, 6.07) is 8.46. The molecule has 0 saturated heterocycles. The number of rotatable bonds is 6. The lowest BCUT2D eigenvalue weighted by Gasteiger charge is -2.33. The molecule has 2 aromatic rings. The van der Waals surface area contributed by atoms with Crippen LogP contribution in [-0.2, 0) is 33.8 Å². The Morgan fingerprint density at radius 2 is 2.04 bits per heavy atom. The SMILES string of the molecule is CCCn1cnc2c1CN(C(=O)COc1ccccc1)[C@H](C(=O)OC)C2. The van der Waals surface area contributed by atoms with Gasteiger partial charge in [-0.05, 0) is 18.6 Å². The van der Waals surface area contributed by atoms with Gasteiger partial charge in [0.1, 0.15) is 11.8 Å². The van der Waals surface area contributed by atoms with Crippen LogP contribution in [0.4, 0.5) is 0 Å². The fraction of sp³-hybridized carbons (Fsp3) is 0.421. The summed E-state index contributed by atoms with van der Waals surface area (Å²) in [5.41, 5.74) is 1.82. The Labute approximate surface area is 152 Å². The van der Waals surface area contributed by atoms with E-state index in [1.54, 1.807) is 18.5 Å². The van der Waals surface area contributed by atoms with E-state index in [4.69, 9.17) is 9.47 Å². The molecule has 1 aromatic heterocycles. The first kappa shape index (κ1) is 18.0. The van der Waals surface area contributed by atoms with Crippen molar-refractivity contribution in [2.75, 3.05) is 13.7 Å². The first-order chi connectivity index (χ1) is 12.6. The highest BCUT2D eigenvalue weighted by Crippen LogP contribution is 2.24. The van der Waals surface area contributed by atoms with Gasteiger partial charge in [0.25, 0.3) is 5.91 Å². The zero-order valence-electron chi connectivity index (χ0n) is 15.1. The van der Waals surface area contributed by atoms with Crippen LogP contribution in [0.3, 0.4) is 0 Å². The van der Waals surface area contributed by atoms with Crippen molar-refractivity contribution >= 4 is 11.9 Å². The third-order valence-corrected chi connectivity index (χ3v) is 4.48. The minimum Gasteiger partial charge on any atom is -0.484 e. The number of aromatic nitrogens is 2. The smallest absolute Gasteiger partial charge is 0.329 e. The molecule has 0 fully saturated rings. The number of carbonyl (C=O) groups is 2. The lowest BCUT2D eigenvalue weighted by atomic mass is 10.0. The third kappa shape index (κ3) is 3.71. The van der Waals surface area contributed by atoms with Crippen molar-refractivity contribution in [2.45, 2.75) is 38.9 Å². The number of aryl methyl sites for hydroxylation is 1. The monoisotopic (exact) mass is 357 g/mol. The highest BCUT2D eigenvalue weighted by molar-refractivity contribution is 5.86. The van der Waals surface area contributed by atoms with Gasteiger partial charge in [-0.2, -0.15) is 0 Å². The summed E-state index contributed by atoms with van der Waals surface area (Å²) in [7, 11) is 1.33. The molecule has 1 aliphatic heterocycles. The fourth-order valence-corrected chi connectivity index (χ4v) is 3.15. The van der Waals surface area contributed by atoms with E-state index in [1.165, 1.54) is 12.0 Å². The van der Waals surface area contributed by atoms with E-state index in [-0.39, 0.29) is 12.5 Å². The number of fused-ring (bicyclic) bond motifs is 1. The van der Waals surface area contributed by atoms with Crippen LogP contribution in [0.1, 0.15) is 24.7 Å². The van der Waals surface area contributed by atoms with E-state index in [1.807, 2.05) is 22.8 Å². The Hall–Kier alpha value is -2.83. The zero-order chi connectivity index (χ0) is 18.5. The van der Waals surface area contributed by atoms with Crippen molar-refractivity contribution in [3.05, 3.63) is 48.0 Å². The highest BCUT2D eigenvalue weighted by atomic mass is 16.5. The number of imidazole rings is 1. The molecule has 0 unspecified atom stereocenters. The number of hydrogen-bond acceptors (Lipinski definition) is 5. The molecule has 1 amide bonds. The lowest BCUT2D eigenvalue weighted by molar-refractivity contribution is -0.154. The first-order valence-corrected chi connectivity index (χ1v) is 8.72. The molecule has 1 atom stereocenters. The van der Waals surface area contributed by atoms with Crippen molar-refractivity contribution in [2.24, 2.45) is 0 Å². The van der Waals surface area contributed by atoms with Crippen LogP contribution in [0.25, 0.3) is 0 Å². The van der Waals surface area contributed by atoms with E-state index in [2.05, 4.69) is 11.9 Å². The molecule has 0 bridgehead atoms. The van der Waals surface area contributed by atoms with Gasteiger partial charge in [-0.3, -0.25) is 4.79 Å². The van der Waals surface area contributed by atoms with Crippen LogP contribution >= 0.6 is 0 Å². The average molecular weight is 357 g/mol. The van der Waals surface area contributed by atoms with Gasteiger partial charge in [0.2, 0.25) is 0 Å². The van der Waals surface area contributed by atoms with Crippen LogP contribution in [0.5, 0.6) is 5.75 Å². The van der Waals surface area contributed by atoms with Crippen molar-refractivity contribution in [1.82, 2.24) is 14.5 Å². The van der Waals surface area contributed by atoms with E-state index in [9.17, 15) is 9.59 Å². The van der Waals surface area contributed by atoms with Gasteiger partial charge in [0.15, 0.2) is 6.61 Å². The predicted molar refractivity (Wildman–Crippen MR) is 94.5 cm³/mol. The lowest BCUT2D eigenvalue weighted by Crippen LogP contribution is -2.51. The topological polar surface area (TPSA) is 73.7 Å². The van der Waals surface area contributed by atoms with Crippen LogP contribution in [-0.4, -0.2) is 46.1 Å². The minimum absolute atomic E-state index is 0.130. The van der Waals surface area contributed by atoms with Crippen molar-refractivity contribution < 1.29 is 19.1 Å². The minimum atomic E-state index is -0.677. The van der Waals surface area contributed by atoms with Crippen LogP contribution in [0, 0.1) is 0 Å². The van der Waals surface area contributed by atoms with Crippen molar-refractivity contribution in [1.29, 1.82) is 0 Å². The molecule has 7 heteroatoms. The number of ether oxygens (including phenoxy) is 2. The third-order valence-electron chi connectivity index (χ3n) is 4.48. The molecule has 0 saturated carbocycles. The van der Waals surface area contributed by atoms with Crippen LogP contribution in [0.2, 0.25) is 0 Å². The van der Waals surface area contributed by atoms with E-state index in [0.29, 0.717) is 18.7 Å². The molecule has 0 N–H and O–H groups in total. The highest BCUT2D eigenvalue weighted by Gasteiger charge is 2.37. The fourth-order valence-electron chi connectivity index (χ4n) is 3.15. The van der Waals surface area contributed by atoms with E-state index in [0.717, 1.165) is 24.4 Å². The van der Waals surface area contributed by atoms with Crippen molar-refractivity contribution in [3.63, 3.8) is 0 Å². The molecule has 2 heterocycles. The summed E-state index contributed by atoms with van der Waals surface area (Å²) in [4.78, 5) is 30.9. The number of para-hydroxylation sites is 1. The quantitative estimate of drug-likeness (QED) is 0.737. The molecule has 1 aliphatic rings. The maximum atomic E-state index is 12.8. The Kier molecular flexibility index (Phi) is 5.55. The summed E-state index contributed by atoms with van der Waals surface area (Å²) in [5, 5.41) is 0. The van der Waals surface area contributed by atoms with E-state index >= 15 is 0 Å². The number of methoxy groups -OCH3 is 1. The number of nitrogens with zero attached hydrogens (tertiary/aromatic N) is 3. The molecular weight excluding hydrogens is 334 g/mol. The maximum absolute atomic E-state index is 12.8. The summed E-state index contributed by atoms with van der Waals surface area (Å²) in [6.07, 6.45) is 3.10. The summed E-state index contributed by atoms with van der Waals surface area (Å²) >= 11 is 0. The number of amides is 1. The van der Waals surface area contributed by atoms with Gasteiger partial charge in [0, 0.05) is 13.0 Å². The largest absolute Gasteiger partial charge is 0.484 e. The first-order valence-electron chi connectivity index (χ1n) is 8.72. The summed E-state index contributed by atoms with van der Waals surface area (Å²) < 4.78 is 12.5. The van der Waals surface area contributed by atoms with E-state index < -0.39 is 12.0 Å². The normalized spacial score (nSPS) is 16.1. The molecule has 0 spiro atoms. The second-order valence-corrected chi connectivity index (χ2v) is 6.20. The molecule has 138 valence electrons. The second kappa shape index (κ2) is 8.03. The predicted octanol–water partition coefficient (Wildman–Crippen LogP) is 1.80. The molecule has 3 rings (SSSR count). The van der Waals surface area contributed by atoms with Gasteiger partial charge in [-0.1, -0.05) is 25.1 Å². The second-order valence-electron chi connectivity index (χ2n) is 6.20. The van der Waals surface area contributed by atoms with Crippen molar-refractivity contribution in [3.8, 4) is 5.75 Å². The molecule has 7 nitrogen and oxygen atoms in total. The summed E-state index contributed by atoms with van der Waals surface area (Å²) in [5.74, 6) is -0.0721. The van der Waals surface area contributed by atoms with Gasteiger partial charge in [0.05, 0.1) is 31.4 Å². The van der Waals surface area contributed by atoms with Gasteiger partial charge >= 0.3 is 5.97 Å². The number of carbonyl (C=O) groups excluding carboxylic acids is 2. The Balaban J connectivity index is 1.78. The standard InChI is InChI=1S/C19H23N3O4/c1-3-9-21-13-20-15-10-16(19(24)25-2)22(11-17(15)21)18(23)12-26-14-7-5-4-6-8-14/h4-8,13,16H,3,9-12H2,1-2H3/t16-/m0/s1. The molecule has 0 radical (unpaired) electrons. The molecule has 0 aliphatic carbocycles. The maximum Gasteiger partial charge on any atom is 0.329 e. The Bertz CT molecular complexity index is 772. The summed E-state index contributed by atoms with van der Waals surface area (Å²) in [6.45, 7) is 3.11. The van der Waals surface area contributed by atoms with Gasteiger partial charge in [-0.25, -0.2) is 9.78 Å². The molecule has 1 aromatic carbocycles. The van der Waals surface area contributed by atoms with Gasteiger partial charge in [-0.15, -0.1) is 0 Å². The number of benzene rings is 1. The van der Waals surface area contributed by atoms with Crippen LogP contribution in [0.15, 0.2) is 36.7 Å². The Morgan fingerprint density at radius 1 is 1.27 bits per heavy atom. The Morgan fingerprint density at radius 3 is 2.73 bits per heavy atom. The van der Waals surface area contributed by atoms with Crippen LogP contribution < -0.4 is 4.74 Å². The number of hydrogen-bond donors (Lipinski definition) is 0. The number of esters is 1. The molecule has 26 heavy (non-hydrogen) atoms. The van der Waals surface area contributed by atoms with Gasteiger partial charge < -0.3 is 18.9 Å². The zero-order valence-corrected chi connectivity index (χ0v) is 15.1.